The molecule has 1 aliphatic heterocycles. The second kappa shape index (κ2) is 16.3. The van der Waals surface area contributed by atoms with Crippen molar-refractivity contribution in [2.24, 2.45) is 0 Å². The molecule has 12 nitrogen and oxygen atoms in total. The third kappa shape index (κ3) is 7.90. The molecule has 1 aliphatic rings. The zero-order valence-electron chi connectivity index (χ0n) is 29.1. The SMILES string of the molecule is C=CC(=O)Cc1ccccc1Nc1ncc2cc(-c3c(Cl)c(OC)cc(OC)c3Cl)c(=O)n(Cc3ccc(NC(=O)C=C)cc3N3CCOCC3)c2n1. The van der Waals surface area contributed by atoms with Gasteiger partial charge in [0.1, 0.15) is 17.1 Å². The summed E-state index contributed by atoms with van der Waals surface area (Å²) in [5.74, 6) is 0.245. The lowest BCUT2D eigenvalue weighted by atomic mass is 10.0. The number of halogens is 2. The molecule has 1 saturated heterocycles. The van der Waals surface area contributed by atoms with Crippen LogP contribution in [0.2, 0.25) is 10.0 Å². The van der Waals surface area contributed by atoms with Gasteiger partial charge in [0.25, 0.3) is 5.56 Å². The summed E-state index contributed by atoms with van der Waals surface area (Å²) >= 11 is 13.7. The number of ketones is 1. The Morgan fingerprint density at radius 3 is 2.36 bits per heavy atom. The second-order valence-electron chi connectivity index (χ2n) is 12.0. The monoisotopic (exact) mass is 754 g/mol. The van der Waals surface area contributed by atoms with Crippen molar-refractivity contribution < 1.29 is 23.8 Å². The van der Waals surface area contributed by atoms with E-state index in [1.807, 2.05) is 36.4 Å². The molecule has 2 aromatic heterocycles. The van der Waals surface area contributed by atoms with Gasteiger partial charge in [-0.05, 0) is 47.5 Å². The molecular formula is C39H36Cl2N6O6. The lowest BCUT2D eigenvalue weighted by Gasteiger charge is -2.31. The van der Waals surface area contributed by atoms with Gasteiger partial charge in [-0.1, -0.05) is 60.6 Å². The largest absolute Gasteiger partial charge is 0.495 e. The number of hydrogen-bond donors (Lipinski definition) is 2. The van der Waals surface area contributed by atoms with E-state index in [4.69, 9.17) is 42.4 Å². The van der Waals surface area contributed by atoms with Crippen LogP contribution in [-0.4, -0.2) is 66.7 Å². The molecule has 0 spiro atoms. The first-order valence-electron chi connectivity index (χ1n) is 16.6. The van der Waals surface area contributed by atoms with E-state index in [-0.39, 0.29) is 63.3 Å². The lowest BCUT2D eigenvalue weighted by Crippen LogP contribution is -2.37. The molecule has 0 aliphatic carbocycles. The fraction of sp³-hybridized carbons (Fsp3) is 0.205. The molecule has 3 aromatic carbocycles. The van der Waals surface area contributed by atoms with E-state index in [0.29, 0.717) is 48.7 Å². The molecular weight excluding hydrogens is 719 g/mol. The third-order valence-electron chi connectivity index (χ3n) is 8.74. The highest BCUT2D eigenvalue weighted by Gasteiger charge is 2.25. The quantitative estimate of drug-likeness (QED) is 0.123. The predicted molar refractivity (Wildman–Crippen MR) is 208 cm³/mol. The van der Waals surface area contributed by atoms with E-state index in [1.165, 1.54) is 30.9 Å². The van der Waals surface area contributed by atoms with Gasteiger partial charge in [0, 0.05) is 59.8 Å². The molecule has 5 aromatic rings. The Balaban J connectivity index is 1.56. The van der Waals surface area contributed by atoms with Crippen molar-refractivity contribution in [2.45, 2.75) is 13.0 Å². The van der Waals surface area contributed by atoms with Crippen molar-refractivity contribution in [3.63, 3.8) is 0 Å². The number of morpholine rings is 1. The van der Waals surface area contributed by atoms with Gasteiger partial charge in [-0.15, -0.1) is 0 Å². The number of carbonyl (C=O) groups is 2. The molecule has 272 valence electrons. The Morgan fingerprint density at radius 2 is 1.68 bits per heavy atom. The maximum atomic E-state index is 14.8. The zero-order chi connectivity index (χ0) is 37.6. The fourth-order valence-electron chi connectivity index (χ4n) is 6.08. The van der Waals surface area contributed by atoms with Crippen molar-refractivity contribution in [1.29, 1.82) is 0 Å². The maximum Gasteiger partial charge on any atom is 0.260 e. The summed E-state index contributed by atoms with van der Waals surface area (Å²) in [4.78, 5) is 50.9. The highest BCUT2D eigenvalue weighted by Crippen LogP contribution is 2.45. The van der Waals surface area contributed by atoms with Crippen molar-refractivity contribution in [3.05, 3.63) is 118 Å². The minimum Gasteiger partial charge on any atom is -0.495 e. The molecule has 0 bridgehead atoms. The van der Waals surface area contributed by atoms with Crippen LogP contribution in [0, 0.1) is 0 Å². The van der Waals surface area contributed by atoms with Crippen LogP contribution in [0.15, 0.2) is 90.9 Å². The number of methoxy groups -OCH3 is 2. The van der Waals surface area contributed by atoms with Gasteiger partial charge in [0.05, 0.1) is 49.6 Å². The average molecular weight is 756 g/mol. The molecule has 14 heteroatoms. The molecule has 53 heavy (non-hydrogen) atoms. The minimum atomic E-state index is -0.449. The Hall–Kier alpha value is -5.69. The van der Waals surface area contributed by atoms with E-state index >= 15 is 0 Å². The molecule has 1 amide bonds. The van der Waals surface area contributed by atoms with Crippen LogP contribution in [0.4, 0.5) is 23.0 Å². The number of allylic oxidation sites excluding steroid dienone is 1. The number of amides is 1. The van der Waals surface area contributed by atoms with Gasteiger partial charge >= 0.3 is 0 Å². The van der Waals surface area contributed by atoms with Gasteiger partial charge < -0.3 is 29.7 Å². The van der Waals surface area contributed by atoms with Gasteiger partial charge in [0.15, 0.2) is 5.78 Å². The highest BCUT2D eigenvalue weighted by molar-refractivity contribution is 6.41. The first kappa shape index (κ1) is 37.1. The Morgan fingerprint density at radius 1 is 0.962 bits per heavy atom. The number of carbonyl (C=O) groups excluding carboxylic acids is 2. The second-order valence-corrected chi connectivity index (χ2v) is 12.7. The van der Waals surface area contributed by atoms with Crippen molar-refractivity contribution in [1.82, 2.24) is 14.5 Å². The Bertz CT molecular complexity index is 2280. The first-order valence-corrected chi connectivity index (χ1v) is 17.3. The molecule has 6 rings (SSSR count). The van der Waals surface area contributed by atoms with E-state index < -0.39 is 5.56 Å². The topological polar surface area (TPSA) is 137 Å². The van der Waals surface area contributed by atoms with E-state index in [1.54, 1.807) is 24.4 Å². The molecule has 0 saturated carbocycles. The van der Waals surface area contributed by atoms with Gasteiger partial charge in [-0.3, -0.25) is 19.0 Å². The number of benzene rings is 3. The smallest absolute Gasteiger partial charge is 0.260 e. The standard InChI is InChI=1S/C39H36Cl2N6O6/c1-5-27(48)17-23-9-7-8-10-29(23)44-39-42-21-25-18-28(34-35(40)31(51-3)20-32(52-4)36(34)41)38(50)47(37(25)45-39)22-24-11-12-26(43-33(49)6-2)19-30(24)46-13-15-53-16-14-46/h5-12,18-21H,1-2,13-17,22H2,3-4H3,(H,43,49)(H,42,44,45). The summed E-state index contributed by atoms with van der Waals surface area (Å²) in [7, 11) is 2.91. The van der Waals surface area contributed by atoms with Crippen molar-refractivity contribution in [2.75, 3.05) is 56.1 Å². The van der Waals surface area contributed by atoms with Crippen molar-refractivity contribution >= 4 is 68.9 Å². The minimum absolute atomic E-state index is 0.0583. The Kier molecular flexibility index (Phi) is 11.4. The van der Waals surface area contributed by atoms with E-state index in [2.05, 4.69) is 33.7 Å². The molecule has 0 atom stereocenters. The predicted octanol–water partition coefficient (Wildman–Crippen LogP) is 6.83. The number of hydrogen-bond acceptors (Lipinski definition) is 10. The summed E-state index contributed by atoms with van der Waals surface area (Å²) in [5, 5.41) is 6.82. The first-order chi connectivity index (χ1) is 25.6. The van der Waals surface area contributed by atoms with E-state index in [9.17, 15) is 14.4 Å². The zero-order valence-corrected chi connectivity index (χ0v) is 30.6. The van der Waals surface area contributed by atoms with Crippen LogP contribution >= 0.6 is 23.2 Å². The third-order valence-corrected chi connectivity index (χ3v) is 9.50. The molecule has 0 unspecified atom stereocenters. The summed E-state index contributed by atoms with van der Waals surface area (Å²) in [5.41, 5.74) is 3.75. The number of ether oxygens (including phenoxy) is 3. The number of nitrogens with one attached hydrogen (secondary N) is 2. The highest BCUT2D eigenvalue weighted by atomic mass is 35.5. The maximum absolute atomic E-state index is 14.8. The average Bonchev–Trinajstić information content (AvgIpc) is 3.18. The normalized spacial score (nSPS) is 12.6. The summed E-state index contributed by atoms with van der Waals surface area (Å²) in [6, 6.07) is 16.0. The number of pyridine rings is 1. The van der Waals surface area contributed by atoms with Crippen LogP contribution < -0.4 is 30.6 Å². The van der Waals surface area contributed by atoms with E-state index in [0.717, 1.165) is 16.8 Å². The van der Waals surface area contributed by atoms with Crippen LogP contribution in [0.5, 0.6) is 11.5 Å². The number of rotatable bonds is 13. The van der Waals surface area contributed by atoms with Crippen LogP contribution in [0.25, 0.3) is 22.2 Å². The van der Waals surface area contributed by atoms with Gasteiger partial charge in [-0.25, -0.2) is 4.98 Å². The van der Waals surface area contributed by atoms with Crippen molar-refractivity contribution in [3.8, 4) is 22.6 Å². The number of para-hydroxylation sites is 1. The van der Waals surface area contributed by atoms with Crippen LogP contribution in [0.1, 0.15) is 11.1 Å². The number of anilines is 4. The number of aromatic nitrogens is 3. The summed E-state index contributed by atoms with van der Waals surface area (Å²) in [6.07, 6.45) is 4.20. The molecule has 3 heterocycles. The summed E-state index contributed by atoms with van der Waals surface area (Å²) in [6.45, 7) is 9.42. The van der Waals surface area contributed by atoms with Crippen LogP contribution in [-0.2, 0) is 27.3 Å². The Labute approximate surface area is 315 Å². The molecule has 1 fully saturated rings. The molecule has 2 N–H and O–H groups in total. The lowest BCUT2D eigenvalue weighted by molar-refractivity contribution is -0.114. The fourth-order valence-corrected chi connectivity index (χ4v) is 6.79. The summed E-state index contributed by atoms with van der Waals surface area (Å²) < 4.78 is 18.2. The van der Waals surface area contributed by atoms with Gasteiger partial charge in [0.2, 0.25) is 11.9 Å². The van der Waals surface area contributed by atoms with Crippen LogP contribution in [0.3, 0.4) is 0 Å². The van der Waals surface area contributed by atoms with Gasteiger partial charge in [-0.2, -0.15) is 4.98 Å². The number of nitrogens with zero attached hydrogens (tertiary/aromatic N) is 4. The number of fused-ring (bicyclic) bond motifs is 1. The molecule has 0 radical (unpaired) electrons.